The Kier molecular flexibility index (Phi) is 7.38. The van der Waals surface area contributed by atoms with Gasteiger partial charge in [0, 0.05) is 35.3 Å². The quantitative estimate of drug-likeness (QED) is 0.273. The van der Waals surface area contributed by atoms with E-state index in [2.05, 4.69) is 4.90 Å². The molecule has 3 aromatic rings. The van der Waals surface area contributed by atoms with E-state index in [1.807, 2.05) is 52.0 Å². The van der Waals surface area contributed by atoms with E-state index in [4.69, 9.17) is 14.2 Å². The van der Waals surface area contributed by atoms with E-state index in [-0.39, 0.29) is 17.0 Å². The summed E-state index contributed by atoms with van der Waals surface area (Å²) in [6, 6.07) is 11.7. The van der Waals surface area contributed by atoms with Crippen LogP contribution < -0.4 is 4.74 Å². The molecule has 44 heavy (non-hydrogen) atoms. The first-order valence-corrected chi connectivity index (χ1v) is 15.2. The number of hydrogen-bond acceptors (Lipinski definition) is 6. The molecule has 9 heteroatoms. The largest absolute Gasteiger partial charge is 0.496 e. The molecule has 0 radical (unpaired) electrons. The summed E-state index contributed by atoms with van der Waals surface area (Å²) in [5, 5.41) is 0.914. The number of allylic oxidation sites excluding steroid dienone is 1. The first kappa shape index (κ1) is 30.3. The zero-order chi connectivity index (χ0) is 31.6. The Morgan fingerprint density at radius 1 is 1.07 bits per heavy atom. The lowest BCUT2D eigenvalue weighted by atomic mass is 9.55. The third kappa shape index (κ3) is 4.99. The lowest BCUT2D eigenvalue weighted by Crippen LogP contribution is -2.56. The van der Waals surface area contributed by atoms with E-state index in [0.29, 0.717) is 24.9 Å². The van der Waals surface area contributed by atoms with Gasteiger partial charge >= 0.3 is 12.1 Å². The number of aryl methyl sites for hydroxylation is 1. The summed E-state index contributed by atoms with van der Waals surface area (Å²) in [5.74, 6) is 0.338. The minimum absolute atomic E-state index is 0.176. The van der Waals surface area contributed by atoms with Crippen LogP contribution in [0, 0.1) is 12.3 Å². The average molecular weight is 607 g/mol. The van der Waals surface area contributed by atoms with E-state index in [1.165, 1.54) is 7.11 Å². The zero-order valence-electron chi connectivity index (χ0n) is 26.3. The lowest BCUT2D eigenvalue weighted by Gasteiger charge is -2.57. The maximum absolute atomic E-state index is 13.6. The molecule has 234 valence electrons. The van der Waals surface area contributed by atoms with Crippen LogP contribution in [0.4, 0.5) is 13.6 Å². The molecule has 1 spiro atoms. The highest BCUT2D eigenvalue weighted by Gasteiger charge is 2.60. The van der Waals surface area contributed by atoms with Gasteiger partial charge < -0.3 is 14.2 Å². The van der Waals surface area contributed by atoms with Gasteiger partial charge in [-0.3, -0.25) is 9.47 Å². The van der Waals surface area contributed by atoms with Crippen LogP contribution in [0.2, 0.25) is 0 Å². The third-order valence-corrected chi connectivity index (χ3v) is 9.87. The van der Waals surface area contributed by atoms with E-state index in [9.17, 15) is 18.4 Å². The van der Waals surface area contributed by atoms with Crippen molar-refractivity contribution in [3.05, 3.63) is 76.5 Å². The lowest BCUT2D eigenvalue weighted by molar-refractivity contribution is -0.0517. The third-order valence-electron chi connectivity index (χ3n) is 9.87. The van der Waals surface area contributed by atoms with Gasteiger partial charge in [0.25, 0.3) is 6.08 Å². The number of halogens is 2. The van der Waals surface area contributed by atoms with Crippen LogP contribution in [0.5, 0.6) is 5.75 Å². The van der Waals surface area contributed by atoms with E-state index in [0.717, 1.165) is 59.0 Å². The van der Waals surface area contributed by atoms with Crippen molar-refractivity contribution in [2.45, 2.75) is 89.9 Å². The van der Waals surface area contributed by atoms with Gasteiger partial charge in [0.2, 0.25) is 0 Å². The normalized spacial score (nSPS) is 24.8. The minimum Gasteiger partial charge on any atom is -0.496 e. The molecule has 2 unspecified atom stereocenters. The first-order valence-electron chi connectivity index (χ1n) is 15.2. The van der Waals surface area contributed by atoms with Gasteiger partial charge in [-0.1, -0.05) is 12.1 Å². The Hall–Kier alpha value is -3.72. The summed E-state index contributed by atoms with van der Waals surface area (Å²) in [5.41, 5.74) is 3.23. The molecule has 2 aromatic carbocycles. The molecule has 2 saturated heterocycles. The minimum atomic E-state index is -1.54. The number of ether oxygens (including phenoxy) is 3. The molecule has 3 heterocycles. The van der Waals surface area contributed by atoms with Crippen molar-refractivity contribution in [1.29, 1.82) is 0 Å². The Bertz CT molecular complexity index is 1660. The molecule has 0 amide bonds. The van der Waals surface area contributed by atoms with Crippen molar-refractivity contribution in [3.8, 4) is 5.75 Å². The fourth-order valence-electron chi connectivity index (χ4n) is 8.17. The standard InChI is InChI=1S/C35H40F2N2O5/c1-21-15-28(42-5)27(26-12-14-38(29(21)26)32(41)44-33(2,3)4)19-39-25-11-13-35(39,20-34(18-25)16-23(17-34)30(36)37)24-9-7-22(8-10-24)31(40)43-6/h7-10,12,14-15,25H,11,13,16-20H2,1-6H3. The van der Waals surface area contributed by atoms with Crippen molar-refractivity contribution in [2.24, 2.45) is 5.41 Å². The number of carbonyl (C=O) groups is 2. The fourth-order valence-corrected chi connectivity index (χ4v) is 8.17. The van der Waals surface area contributed by atoms with Gasteiger partial charge in [-0.15, -0.1) is 0 Å². The Morgan fingerprint density at radius 3 is 2.39 bits per heavy atom. The molecular formula is C35H40F2N2O5. The van der Waals surface area contributed by atoms with Crippen molar-refractivity contribution in [1.82, 2.24) is 9.47 Å². The summed E-state index contributed by atoms with van der Waals surface area (Å²) in [4.78, 5) is 27.9. The molecule has 2 aliphatic heterocycles. The monoisotopic (exact) mass is 606 g/mol. The van der Waals surface area contributed by atoms with Crippen LogP contribution in [-0.4, -0.2) is 47.4 Å². The molecule has 3 fully saturated rings. The Labute approximate surface area is 256 Å². The summed E-state index contributed by atoms with van der Waals surface area (Å²) >= 11 is 0. The summed E-state index contributed by atoms with van der Waals surface area (Å²) < 4.78 is 45.2. The van der Waals surface area contributed by atoms with Gasteiger partial charge in [-0.2, -0.15) is 8.78 Å². The van der Waals surface area contributed by atoms with Gasteiger partial charge in [0.1, 0.15) is 11.4 Å². The van der Waals surface area contributed by atoms with Crippen molar-refractivity contribution in [2.75, 3.05) is 14.2 Å². The SMILES string of the molecule is COC(=O)c1ccc(C23CCC(CC4(CC(=C(F)F)C4)C2)N3Cc2c(OC)cc(C)c3c2ccn3C(=O)OC(C)(C)C)cc1. The zero-order valence-corrected chi connectivity index (χ0v) is 26.3. The number of hydrogen-bond donors (Lipinski definition) is 0. The number of nitrogens with zero attached hydrogens (tertiary/aromatic N) is 2. The number of esters is 1. The van der Waals surface area contributed by atoms with Crippen molar-refractivity contribution in [3.63, 3.8) is 0 Å². The predicted molar refractivity (Wildman–Crippen MR) is 163 cm³/mol. The maximum atomic E-state index is 13.6. The maximum Gasteiger partial charge on any atom is 0.419 e. The van der Waals surface area contributed by atoms with E-state index >= 15 is 0 Å². The highest BCUT2D eigenvalue weighted by atomic mass is 19.3. The second kappa shape index (κ2) is 10.7. The van der Waals surface area contributed by atoms with Gasteiger partial charge in [-0.25, -0.2) is 9.59 Å². The molecule has 7 nitrogen and oxygen atoms in total. The molecule has 6 rings (SSSR count). The second-order valence-electron chi connectivity index (χ2n) is 13.8. The molecule has 0 N–H and O–H groups in total. The number of methoxy groups -OCH3 is 2. The Balaban J connectivity index is 1.44. The number of piperidine rings is 1. The highest BCUT2D eigenvalue weighted by molar-refractivity contribution is 5.95. The fraction of sp³-hybridized carbons (Fsp3) is 0.486. The smallest absolute Gasteiger partial charge is 0.419 e. The molecule has 1 aromatic heterocycles. The predicted octanol–water partition coefficient (Wildman–Crippen LogP) is 8.11. The summed E-state index contributed by atoms with van der Waals surface area (Å²) in [7, 11) is 3.02. The number of aromatic nitrogens is 1. The number of benzene rings is 2. The van der Waals surface area contributed by atoms with Crippen LogP contribution in [-0.2, 0) is 21.6 Å². The van der Waals surface area contributed by atoms with E-state index < -0.39 is 29.3 Å². The van der Waals surface area contributed by atoms with Gasteiger partial charge in [0.05, 0.1) is 25.3 Å². The van der Waals surface area contributed by atoms with E-state index in [1.54, 1.807) is 30.0 Å². The van der Waals surface area contributed by atoms with Crippen molar-refractivity contribution < 1.29 is 32.6 Å². The average Bonchev–Trinajstić information content (AvgIpc) is 3.49. The highest BCUT2D eigenvalue weighted by Crippen LogP contribution is 2.65. The van der Waals surface area contributed by atoms with Crippen LogP contribution in [0.1, 0.15) is 86.3 Å². The number of fused-ring (bicyclic) bond motifs is 3. The van der Waals surface area contributed by atoms with Gasteiger partial charge in [0.15, 0.2) is 0 Å². The molecule has 1 saturated carbocycles. The molecule has 1 aliphatic carbocycles. The van der Waals surface area contributed by atoms with Gasteiger partial charge in [-0.05, 0) is 113 Å². The molecule has 3 aliphatic rings. The molecule has 2 bridgehead atoms. The van der Waals surface area contributed by atoms with Crippen LogP contribution in [0.15, 0.2) is 54.2 Å². The molecular weight excluding hydrogens is 566 g/mol. The second-order valence-corrected chi connectivity index (χ2v) is 13.8. The van der Waals surface area contributed by atoms with Crippen LogP contribution >= 0.6 is 0 Å². The number of carbonyl (C=O) groups excluding carboxylic acids is 2. The summed E-state index contributed by atoms with van der Waals surface area (Å²) in [6.07, 6.45) is 4.05. The van der Waals surface area contributed by atoms with Crippen LogP contribution in [0.25, 0.3) is 10.9 Å². The number of rotatable bonds is 5. The topological polar surface area (TPSA) is 70.0 Å². The van der Waals surface area contributed by atoms with Crippen molar-refractivity contribution >= 4 is 23.0 Å². The Morgan fingerprint density at radius 2 is 1.77 bits per heavy atom. The summed E-state index contributed by atoms with van der Waals surface area (Å²) in [6.45, 7) is 8.04. The first-order chi connectivity index (χ1) is 20.8. The van der Waals surface area contributed by atoms with Crippen LogP contribution in [0.3, 0.4) is 0 Å². The molecule has 2 atom stereocenters.